The minimum absolute atomic E-state index is 0.0397. The lowest BCUT2D eigenvalue weighted by atomic mass is 10.1. The number of sulfone groups is 1. The highest BCUT2D eigenvalue weighted by atomic mass is 32.2. The van der Waals surface area contributed by atoms with Crippen LogP contribution in [0.1, 0.15) is 12.8 Å². The first-order valence-corrected chi connectivity index (χ1v) is 7.68. The van der Waals surface area contributed by atoms with Gasteiger partial charge in [0.05, 0.1) is 18.1 Å². The lowest BCUT2D eigenvalue weighted by Crippen LogP contribution is -2.37. The summed E-state index contributed by atoms with van der Waals surface area (Å²) < 4.78 is 28.0. The van der Waals surface area contributed by atoms with Gasteiger partial charge in [0, 0.05) is 13.1 Å². The van der Waals surface area contributed by atoms with Crippen molar-refractivity contribution in [2.45, 2.75) is 18.9 Å². The van der Waals surface area contributed by atoms with Crippen molar-refractivity contribution in [3.05, 3.63) is 0 Å². The normalized spacial score (nSPS) is 32.5. The summed E-state index contributed by atoms with van der Waals surface area (Å²) in [5.41, 5.74) is 5.43. The van der Waals surface area contributed by atoms with E-state index in [-0.39, 0.29) is 29.6 Å². The molecule has 2 fully saturated rings. The molecule has 0 aromatic carbocycles. The fraction of sp³-hybridized carbons (Fsp3) is 0.900. The van der Waals surface area contributed by atoms with E-state index in [0.717, 1.165) is 6.42 Å². The van der Waals surface area contributed by atoms with E-state index < -0.39 is 9.84 Å². The van der Waals surface area contributed by atoms with Crippen molar-refractivity contribution in [1.29, 1.82) is 0 Å². The van der Waals surface area contributed by atoms with Crippen molar-refractivity contribution in [3.63, 3.8) is 0 Å². The maximum Gasteiger partial charge on any atom is 0.410 e. The van der Waals surface area contributed by atoms with Gasteiger partial charge in [-0.2, -0.15) is 0 Å². The molecule has 98 valence electrons. The maximum atomic E-state index is 11.5. The molecule has 1 amide bonds. The van der Waals surface area contributed by atoms with Crippen molar-refractivity contribution < 1.29 is 17.9 Å². The third-order valence-electron chi connectivity index (χ3n) is 3.25. The minimum Gasteiger partial charge on any atom is -0.443 e. The second-order valence-electron chi connectivity index (χ2n) is 4.77. The van der Waals surface area contributed by atoms with E-state index in [2.05, 4.69) is 0 Å². The Kier molecular flexibility index (Phi) is 3.58. The molecule has 0 aromatic rings. The number of rotatable bonds is 3. The van der Waals surface area contributed by atoms with Gasteiger partial charge in [0.25, 0.3) is 0 Å². The standard InChI is InChI=1S/C10H18N2O4S/c11-4-9-6-12(10(13)16-9)5-8-2-1-3-17(14,15)7-8/h8-9H,1-7,11H2/t8?,9-/m0/s1. The molecule has 0 spiro atoms. The van der Waals surface area contributed by atoms with Gasteiger partial charge < -0.3 is 15.4 Å². The number of hydrogen-bond donors (Lipinski definition) is 1. The van der Waals surface area contributed by atoms with E-state index in [1.54, 1.807) is 4.90 Å². The molecule has 0 bridgehead atoms. The van der Waals surface area contributed by atoms with Crippen molar-refractivity contribution in [2.24, 2.45) is 11.7 Å². The zero-order valence-corrected chi connectivity index (χ0v) is 10.5. The summed E-state index contributed by atoms with van der Waals surface area (Å²) in [4.78, 5) is 13.0. The molecule has 0 aliphatic carbocycles. The summed E-state index contributed by atoms with van der Waals surface area (Å²) in [6.07, 6.45) is 0.929. The van der Waals surface area contributed by atoms with Crippen molar-refractivity contribution in [2.75, 3.05) is 31.1 Å². The Morgan fingerprint density at radius 2 is 2.24 bits per heavy atom. The summed E-state index contributed by atoms with van der Waals surface area (Å²) in [7, 11) is -2.91. The monoisotopic (exact) mass is 262 g/mol. The highest BCUT2D eigenvalue weighted by Crippen LogP contribution is 2.21. The number of hydrogen-bond acceptors (Lipinski definition) is 5. The van der Waals surface area contributed by atoms with E-state index in [9.17, 15) is 13.2 Å². The molecule has 2 rings (SSSR count). The van der Waals surface area contributed by atoms with Gasteiger partial charge in [0.1, 0.15) is 6.10 Å². The molecule has 2 aliphatic heterocycles. The topological polar surface area (TPSA) is 89.7 Å². The van der Waals surface area contributed by atoms with Gasteiger partial charge in [0.15, 0.2) is 9.84 Å². The van der Waals surface area contributed by atoms with Gasteiger partial charge in [-0.15, -0.1) is 0 Å². The number of nitrogens with two attached hydrogens (primary N) is 1. The van der Waals surface area contributed by atoms with Gasteiger partial charge in [-0.1, -0.05) is 0 Å². The Hall–Kier alpha value is -0.820. The molecule has 17 heavy (non-hydrogen) atoms. The molecular formula is C10H18N2O4S. The Balaban J connectivity index is 1.91. The summed E-state index contributed by atoms with van der Waals surface area (Å²) in [5, 5.41) is 0. The van der Waals surface area contributed by atoms with Crippen molar-refractivity contribution >= 4 is 15.9 Å². The van der Waals surface area contributed by atoms with Crippen LogP contribution in [-0.4, -0.2) is 56.7 Å². The molecule has 2 aliphatic rings. The summed E-state index contributed by atoms with van der Waals surface area (Å²) in [6, 6.07) is 0. The number of ether oxygens (including phenoxy) is 1. The van der Waals surface area contributed by atoms with Crippen LogP contribution in [0.15, 0.2) is 0 Å². The number of cyclic esters (lactones) is 1. The molecule has 0 saturated carbocycles. The molecule has 0 aromatic heterocycles. The fourth-order valence-corrected chi connectivity index (χ4v) is 4.18. The summed E-state index contributed by atoms with van der Waals surface area (Å²) in [6.45, 7) is 1.26. The molecule has 6 nitrogen and oxygen atoms in total. The van der Waals surface area contributed by atoms with Crippen LogP contribution in [0.2, 0.25) is 0 Å². The van der Waals surface area contributed by atoms with Crippen LogP contribution in [0.3, 0.4) is 0 Å². The van der Waals surface area contributed by atoms with E-state index in [4.69, 9.17) is 10.5 Å². The quantitative estimate of drug-likeness (QED) is 0.747. The van der Waals surface area contributed by atoms with Crippen LogP contribution in [0.25, 0.3) is 0 Å². The zero-order chi connectivity index (χ0) is 12.5. The second kappa shape index (κ2) is 4.81. The Bertz CT molecular complexity index is 395. The molecule has 7 heteroatoms. The SMILES string of the molecule is NC[C@H]1CN(CC2CCCS(=O)(=O)C2)C(=O)O1. The number of nitrogens with zero attached hydrogens (tertiary/aromatic N) is 1. The molecule has 0 radical (unpaired) electrons. The van der Waals surface area contributed by atoms with E-state index >= 15 is 0 Å². The van der Waals surface area contributed by atoms with Gasteiger partial charge in [-0.25, -0.2) is 13.2 Å². The fourth-order valence-electron chi connectivity index (χ4n) is 2.42. The van der Waals surface area contributed by atoms with Crippen LogP contribution in [0.5, 0.6) is 0 Å². The van der Waals surface area contributed by atoms with Crippen molar-refractivity contribution in [1.82, 2.24) is 4.90 Å². The third-order valence-corrected chi connectivity index (χ3v) is 5.14. The molecule has 2 heterocycles. The van der Waals surface area contributed by atoms with E-state index in [0.29, 0.717) is 26.1 Å². The Morgan fingerprint density at radius 1 is 1.47 bits per heavy atom. The predicted molar refractivity (Wildman–Crippen MR) is 62.3 cm³/mol. The van der Waals surface area contributed by atoms with Crippen LogP contribution in [0.4, 0.5) is 4.79 Å². The molecule has 2 N–H and O–H groups in total. The van der Waals surface area contributed by atoms with Crippen LogP contribution >= 0.6 is 0 Å². The van der Waals surface area contributed by atoms with E-state index in [1.165, 1.54) is 0 Å². The summed E-state index contributed by atoms with van der Waals surface area (Å²) in [5.74, 6) is 0.501. The van der Waals surface area contributed by atoms with Crippen molar-refractivity contribution in [3.8, 4) is 0 Å². The average Bonchev–Trinajstić information content (AvgIpc) is 2.58. The minimum atomic E-state index is -2.91. The Morgan fingerprint density at radius 3 is 2.82 bits per heavy atom. The van der Waals surface area contributed by atoms with Gasteiger partial charge >= 0.3 is 6.09 Å². The second-order valence-corrected chi connectivity index (χ2v) is 7.00. The third kappa shape index (κ3) is 3.10. The lowest BCUT2D eigenvalue weighted by Gasteiger charge is -2.25. The molecular weight excluding hydrogens is 244 g/mol. The number of carbonyl (C=O) groups is 1. The van der Waals surface area contributed by atoms with E-state index in [1.807, 2.05) is 0 Å². The maximum absolute atomic E-state index is 11.5. The number of amides is 1. The number of carbonyl (C=O) groups excluding carboxylic acids is 1. The van der Waals surface area contributed by atoms with Gasteiger partial charge in [0.2, 0.25) is 0 Å². The largest absolute Gasteiger partial charge is 0.443 e. The predicted octanol–water partition coefficient (Wildman–Crippen LogP) is -0.409. The van der Waals surface area contributed by atoms with Gasteiger partial charge in [-0.05, 0) is 18.8 Å². The highest BCUT2D eigenvalue weighted by molar-refractivity contribution is 7.91. The highest BCUT2D eigenvalue weighted by Gasteiger charge is 2.34. The summed E-state index contributed by atoms with van der Waals surface area (Å²) >= 11 is 0. The first-order chi connectivity index (χ1) is 8.00. The molecule has 2 saturated heterocycles. The first kappa shape index (κ1) is 12.6. The van der Waals surface area contributed by atoms with Crippen LogP contribution in [-0.2, 0) is 14.6 Å². The zero-order valence-electron chi connectivity index (χ0n) is 9.67. The smallest absolute Gasteiger partial charge is 0.410 e. The molecule has 2 atom stereocenters. The average molecular weight is 262 g/mol. The Labute approximate surface area is 101 Å². The first-order valence-electron chi connectivity index (χ1n) is 5.86. The van der Waals surface area contributed by atoms with Crippen LogP contribution in [0, 0.1) is 5.92 Å². The molecule has 1 unspecified atom stereocenters. The lowest BCUT2D eigenvalue weighted by molar-refractivity contribution is 0.133. The van der Waals surface area contributed by atoms with Crippen LogP contribution < -0.4 is 5.73 Å². The van der Waals surface area contributed by atoms with Gasteiger partial charge in [-0.3, -0.25) is 0 Å².